The molecule has 1 aromatic heterocycles. The summed E-state index contributed by atoms with van der Waals surface area (Å²) in [6, 6.07) is 15.6. The van der Waals surface area contributed by atoms with Gasteiger partial charge in [-0.1, -0.05) is 30.3 Å². The van der Waals surface area contributed by atoms with Crippen molar-refractivity contribution in [2.75, 3.05) is 13.7 Å². The standard InChI is InChI=1S/C28H29N5O4/c1-37-24-8-4-7-22-21(24)14-23(32-22)27(35)33-25(19-11-16-5-2-3-6-17(16)12-19)28(36)31-20(15-29)13-18-9-10-30-26(18)34/h2-8,14,18-20,25,32H,9-13H2,1H3,(H,30,34)(H,31,36)(H,33,35). The number of benzene rings is 2. The summed E-state index contributed by atoms with van der Waals surface area (Å²) in [5, 5.41) is 19.0. The Kier molecular flexibility index (Phi) is 6.82. The van der Waals surface area contributed by atoms with Crippen molar-refractivity contribution in [1.29, 1.82) is 5.26 Å². The number of ether oxygens (including phenoxy) is 1. The van der Waals surface area contributed by atoms with Gasteiger partial charge in [0.15, 0.2) is 0 Å². The molecule has 3 amide bonds. The van der Waals surface area contributed by atoms with Crippen LogP contribution in [0.3, 0.4) is 0 Å². The zero-order valence-electron chi connectivity index (χ0n) is 20.5. The van der Waals surface area contributed by atoms with Crippen molar-refractivity contribution in [2.24, 2.45) is 11.8 Å². The average molecular weight is 500 g/mol. The lowest BCUT2D eigenvalue weighted by atomic mass is 9.94. The molecule has 1 aliphatic carbocycles. The number of fused-ring (bicyclic) bond motifs is 2. The summed E-state index contributed by atoms with van der Waals surface area (Å²) in [5.74, 6) is -0.784. The Morgan fingerprint density at radius 2 is 1.89 bits per heavy atom. The van der Waals surface area contributed by atoms with Gasteiger partial charge in [0.1, 0.15) is 23.5 Å². The van der Waals surface area contributed by atoms with Gasteiger partial charge in [0, 0.05) is 23.4 Å². The highest BCUT2D eigenvalue weighted by Crippen LogP contribution is 2.30. The summed E-state index contributed by atoms with van der Waals surface area (Å²) in [7, 11) is 1.57. The van der Waals surface area contributed by atoms with E-state index in [9.17, 15) is 19.6 Å². The van der Waals surface area contributed by atoms with E-state index in [4.69, 9.17) is 4.74 Å². The first-order valence-corrected chi connectivity index (χ1v) is 12.5. The molecule has 37 heavy (non-hydrogen) atoms. The predicted molar refractivity (Wildman–Crippen MR) is 137 cm³/mol. The van der Waals surface area contributed by atoms with Gasteiger partial charge in [0.05, 0.1) is 13.2 Å². The fourth-order valence-electron chi connectivity index (χ4n) is 5.43. The van der Waals surface area contributed by atoms with Crippen LogP contribution in [0.2, 0.25) is 0 Å². The van der Waals surface area contributed by atoms with Crippen molar-refractivity contribution >= 4 is 28.6 Å². The maximum absolute atomic E-state index is 13.5. The number of rotatable bonds is 8. The van der Waals surface area contributed by atoms with E-state index in [0.29, 0.717) is 37.3 Å². The second-order valence-electron chi connectivity index (χ2n) is 9.70. The third-order valence-electron chi connectivity index (χ3n) is 7.37. The molecule has 1 saturated heterocycles. The van der Waals surface area contributed by atoms with Crippen LogP contribution >= 0.6 is 0 Å². The third-order valence-corrected chi connectivity index (χ3v) is 7.37. The molecule has 9 nitrogen and oxygen atoms in total. The number of carbonyl (C=O) groups excluding carboxylic acids is 3. The van der Waals surface area contributed by atoms with Crippen LogP contribution in [-0.2, 0) is 22.4 Å². The largest absolute Gasteiger partial charge is 0.496 e. The number of hydrogen-bond donors (Lipinski definition) is 4. The van der Waals surface area contributed by atoms with Gasteiger partial charge in [-0.15, -0.1) is 0 Å². The highest BCUT2D eigenvalue weighted by molar-refractivity contribution is 6.01. The molecule has 3 unspecified atom stereocenters. The quantitative estimate of drug-likeness (QED) is 0.377. The van der Waals surface area contributed by atoms with Gasteiger partial charge in [-0.25, -0.2) is 0 Å². The summed E-state index contributed by atoms with van der Waals surface area (Å²) in [4.78, 5) is 42.0. The van der Waals surface area contributed by atoms with E-state index >= 15 is 0 Å². The molecule has 3 aromatic rings. The topological polar surface area (TPSA) is 136 Å². The summed E-state index contributed by atoms with van der Waals surface area (Å²) >= 11 is 0. The summed E-state index contributed by atoms with van der Waals surface area (Å²) in [5.41, 5.74) is 3.36. The van der Waals surface area contributed by atoms with Crippen molar-refractivity contribution in [3.05, 3.63) is 65.4 Å². The number of carbonyl (C=O) groups is 3. The van der Waals surface area contributed by atoms with Crippen LogP contribution in [0.5, 0.6) is 5.75 Å². The Hall–Kier alpha value is -4.32. The lowest BCUT2D eigenvalue weighted by molar-refractivity contribution is -0.126. The molecule has 5 rings (SSSR count). The van der Waals surface area contributed by atoms with Gasteiger partial charge in [-0.3, -0.25) is 14.4 Å². The number of nitrogens with zero attached hydrogens (tertiary/aromatic N) is 1. The van der Waals surface area contributed by atoms with Crippen molar-refractivity contribution in [3.8, 4) is 11.8 Å². The number of nitrogens with one attached hydrogen (secondary N) is 4. The first-order valence-electron chi connectivity index (χ1n) is 12.5. The number of aromatic amines is 1. The van der Waals surface area contributed by atoms with E-state index in [1.54, 1.807) is 13.2 Å². The van der Waals surface area contributed by atoms with Crippen LogP contribution in [0.15, 0.2) is 48.5 Å². The highest BCUT2D eigenvalue weighted by Gasteiger charge is 2.36. The minimum atomic E-state index is -0.860. The number of aromatic nitrogens is 1. The summed E-state index contributed by atoms with van der Waals surface area (Å²) in [6.07, 6.45) is 2.14. The minimum Gasteiger partial charge on any atom is -0.496 e. The fourth-order valence-corrected chi connectivity index (χ4v) is 5.43. The van der Waals surface area contributed by atoms with Crippen molar-refractivity contribution in [3.63, 3.8) is 0 Å². The third kappa shape index (κ3) is 5.00. The maximum Gasteiger partial charge on any atom is 0.268 e. The Bertz CT molecular complexity index is 1370. The number of hydrogen-bond acceptors (Lipinski definition) is 5. The smallest absolute Gasteiger partial charge is 0.268 e. The Morgan fingerprint density at radius 1 is 1.14 bits per heavy atom. The van der Waals surface area contributed by atoms with Crippen molar-refractivity contribution in [1.82, 2.24) is 20.9 Å². The van der Waals surface area contributed by atoms with Crippen LogP contribution < -0.4 is 20.7 Å². The van der Waals surface area contributed by atoms with E-state index in [2.05, 4.69) is 27.0 Å². The van der Waals surface area contributed by atoms with Crippen molar-refractivity contribution < 1.29 is 19.1 Å². The molecule has 0 spiro atoms. The van der Waals surface area contributed by atoms with E-state index < -0.39 is 23.9 Å². The fraction of sp³-hybridized carbons (Fsp3) is 0.357. The minimum absolute atomic E-state index is 0.0974. The van der Waals surface area contributed by atoms with E-state index in [1.807, 2.05) is 42.5 Å². The van der Waals surface area contributed by atoms with E-state index in [0.717, 1.165) is 22.0 Å². The van der Waals surface area contributed by atoms with Gasteiger partial charge in [0.2, 0.25) is 11.8 Å². The van der Waals surface area contributed by atoms with Crippen LogP contribution in [0, 0.1) is 23.2 Å². The first kappa shape index (κ1) is 24.4. The van der Waals surface area contributed by atoms with Gasteiger partial charge in [-0.05, 0) is 60.9 Å². The molecule has 1 aliphatic heterocycles. The van der Waals surface area contributed by atoms with Crippen LogP contribution in [0.25, 0.3) is 10.9 Å². The molecule has 0 saturated carbocycles. The van der Waals surface area contributed by atoms with Gasteiger partial charge in [0.25, 0.3) is 5.91 Å². The Morgan fingerprint density at radius 3 is 2.54 bits per heavy atom. The number of amides is 3. The molecule has 190 valence electrons. The molecular formula is C28H29N5O4. The molecule has 2 aromatic carbocycles. The first-order chi connectivity index (χ1) is 18.0. The van der Waals surface area contributed by atoms with Crippen LogP contribution in [0.1, 0.15) is 34.5 Å². The SMILES string of the molecule is COc1cccc2[nH]c(C(=O)NC(C(=O)NC(C#N)CC3CCNC3=O)C3Cc4ccccc4C3)cc12. The number of nitriles is 1. The summed E-state index contributed by atoms with van der Waals surface area (Å²) < 4.78 is 5.40. The Balaban J connectivity index is 1.37. The zero-order valence-corrected chi connectivity index (χ0v) is 20.5. The normalized spacial score (nSPS) is 18.5. The molecule has 0 bridgehead atoms. The molecule has 2 heterocycles. The molecule has 9 heteroatoms. The monoisotopic (exact) mass is 499 g/mol. The molecular weight excluding hydrogens is 470 g/mol. The number of methoxy groups -OCH3 is 1. The van der Waals surface area contributed by atoms with E-state index in [-0.39, 0.29) is 24.2 Å². The zero-order chi connectivity index (χ0) is 25.9. The van der Waals surface area contributed by atoms with Gasteiger partial charge < -0.3 is 25.7 Å². The molecule has 0 radical (unpaired) electrons. The second kappa shape index (κ2) is 10.3. The van der Waals surface area contributed by atoms with Gasteiger partial charge in [-0.2, -0.15) is 5.26 Å². The Labute approximate surface area is 214 Å². The molecule has 4 N–H and O–H groups in total. The highest BCUT2D eigenvalue weighted by atomic mass is 16.5. The van der Waals surface area contributed by atoms with Crippen LogP contribution in [-0.4, -0.2) is 48.4 Å². The lowest BCUT2D eigenvalue weighted by Crippen LogP contribution is -2.53. The van der Waals surface area contributed by atoms with Crippen LogP contribution in [0.4, 0.5) is 0 Å². The predicted octanol–water partition coefficient (Wildman–Crippen LogP) is 2.22. The lowest BCUT2D eigenvalue weighted by Gasteiger charge is -2.25. The van der Waals surface area contributed by atoms with E-state index in [1.165, 1.54) is 0 Å². The summed E-state index contributed by atoms with van der Waals surface area (Å²) in [6.45, 7) is 0.573. The second-order valence-corrected chi connectivity index (χ2v) is 9.70. The maximum atomic E-state index is 13.5. The molecule has 1 fully saturated rings. The van der Waals surface area contributed by atoms with Crippen molar-refractivity contribution in [2.45, 2.75) is 37.8 Å². The number of H-pyrrole nitrogens is 1. The molecule has 3 atom stereocenters. The van der Waals surface area contributed by atoms with Gasteiger partial charge >= 0.3 is 0 Å². The molecule has 2 aliphatic rings. The average Bonchev–Trinajstić information content (AvgIpc) is 3.64.